The number of alkyl halides is 4. The van der Waals surface area contributed by atoms with Crippen LogP contribution in [0.1, 0.15) is 202 Å². The predicted octanol–water partition coefficient (Wildman–Crippen LogP) is 6.74. The fraction of sp³-hybridized carbons (Fsp3) is 0.823. The van der Waals surface area contributed by atoms with Gasteiger partial charge in [0.1, 0.15) is 59.9 Å². The maximum Gasteiger partial charge on any atom is 0.248 e. The van der Waals surface area contributed by atoms with Crippen molar-refractivity contribution in [3.05, 3.63) is 12.2 Å². The molecule has 1 spiro atoms. The quantitative estimate of drug-likeness (QED) is 0.107. The highest BCUT2D eigenvalue weighted by atomic mass is 35.5. The van der Waals surface area contributed by atoms with Gasteiger partial charge >= 0.3 is 0 Å². The fourth-order valence-corrected chi connectivity index (χ4v) is 19.2. The zero-order chi connectivity index (χ0) is 80.3. The monoisotopic (exact) mass is 1570 g/mol. The lowest BCUT2D eigenvalue weighted by molar-refractivity contribution is -0.161. The van der Waals surface area contributed by atoms with Gasteiger partial charge in [0.2, 0.25) is 77.3 Å². The van der Waals surface area contributed by atoms with E-state index < -0.39 is 179 Å². The Bertz CT molecular complexity index is 3250. The lowest BCUT2D eigenvalue weighted by Gasteiger charge is -2.54. The number of rotatable bonds is 16. The van der Waals surface area contributed by atoms with E-state index in [2.05, 4.69) is 16.0 Å². The minimum atomic E-state index is -2.54. The van der Waals surface area contributed by atoms with Crippen molar-refractivity contribution in [2.45, 2.75) is 291 Å². The average molecular weight is 1580 g/mol. The van der Waals surface area contributed by atoms with E-state index in [1.165, 1.54) is 90.7 Å². The van der Waals surface area contributed by atoms with E-state index in [0.717, 1.165) is 35.5 Å². The molecule has 0 aromatic carbocycles. The van der Waals surface area contributed by atoms with E-state index in [-0.39, 0.29) is 113 Å². The molecular formula is C79H126Cl2F2N12O14. The second kappa shape index (κ2) is 39.0. The molecule has 8 aliphatic rings. The zero-order valence-corrected chi connectivity index (χ0v) is 68.6. The number of amides is 12. The number of halogens is 4. The number of nitrogens with zero attached hydrogens (tertiary/aromatic N) is 9. The largest absolute Gasteiger partial charge is 0.382 e. The third-order valence-electron chi connectivity index (χ3n) is 25.3. The van der Waals surface area contributed by atoms with Crippen molar-refractivity contribution < 1.29 is 75.8 Å². The molecule has 614 valence electrons. The van der Waals surface area contributed by atoms with Gasteiger partial charge < -0.3 is 69.5 Å². The smallest absolute Gasteiger partial charge is 0.248 e. The van der Waals surface area contributed by atoms with Crippen LogP contribution in [0.3, 0.4) is 0 Å². The van der Waals surface area contributed by atoms with Crippen molar-refractivity contribution in [1.82, 2.24) is 60.0 Å². The highest BCUT2D eigenvalue weighted by molar-refractivity contribution is 6.30. The normalized spacial score (nSPS) is 32.5. The van der Waals surface area contributed by atoms with Gasteiger partial charge in [0.15, 0.2) is 0 Å². The molecule has 8 rings (SSSR count). The number of nitrogens with one attached hydrogen (secondary N) is 3. The molecule has 109 heavy (non-hydrogen) atoms. The molecule has 7 fully saturated rings. The van der Waals surface area contributed by atoms with Gasteiger partial charge in [-0.3, -0.25) is 57.5 Å². The van der Waals surface area contributed by atoms with Crippen LogP contribution in [0, 0.1) is 35.0 Å². The van der Waals surface area contributed by atoms with Crippen LogP contribution in [-0.4, -0.2) is 294 Å². The Morgan fingerprint density at radius 3 is 1.91 bits per heavy atom. The van der Waals surface area contributed by atoms with Crippen LogP contribution in [0.25, 0.3) is 0 Å². The van der Waals surface area contributed by atoms with Crippen molar-refractivity contribution in [2.75, 3.05) is 89.2 Å². The second-order valence-corrected chi connectivity index (χ2v) is 35.0. The van der Waals surface area contributed by atoms with E-state index in [1.807, 2.05) is 40.7 Å². The number of likely N-dealkylation sites (N-methyl/N-ethyl adjacent to an activating group) is 6. The fourth-order valence-electron chi connectivity index (χ4n) is 18.6. The Morgan fingerprint density at radius 2 is 1.30 bits per heavy atom. The topological polar surface area (TPSA) is 289 Å². The third kappa shape index (κ3) is 21.2. The molecule has 4 aliphatic heterocycles. The first-order chi connectivity index (χ1) is 51.5. The summed E-state index contributed by atoms with van der Waals surface area (Å²) in [7, 11) is 11.4. The minimum absolute atomic E-state index is 0.00120. The average Bonchev–Trinajstić information content (AvgIpc) is 1.30. The van der Waals surface area contributed by atoms with Crippen LogP contribution in [0.5, 0.6) is 0 Å². The number of hydrogen-bond acceptors (Lipinski definition) is 14. The van der Waals surface area contributed by atoms with Gasteiger partial charge in [-0.2, -0.15) is 0 Å². The number of fused-ring (bicyclic) bond motifs is 4. The van der Waals surface area contributed by atoms with Crippen molar-refractivity contribution in [3.8, 4) is 0 Å². The molecule has 3 unspecified atom stereocenters. The van der Waals surface area contributed by atoms with Crippen LogP contribution < -0.4 is 16.0 Å². The minimum Gasteiger partial charge on any atom is -0.382 e. The molecular weight excluding hydrogens is 1450 g/mol. The van der Waals surface area contributed by atoms with Crippen LogP contribution in [0.2, 0.25) is 0 Å². The molecule has 3 N–H and O–H groups in total. The summed E-state index contributed by atoms with van der Waals surface area (Å²) in [5.41, 5.74) is -2.15. The Morgan fingerprint density at radius 1 is 0.642 bits per heavy atom. The van der Waals surface area contributed by atoms with Gasteiger partial charge in [-0.15, -0.1) is 23.2 Å². The Kier molecular flexibility index (Phi) is 31.6. The molecule has 0 radical (unpaired) electrons. The molecule has 0 aromatic rings. The maximum absolute atomic E-state index is 15.9. The molecule has 12 amide bonds. The Labute approximate surface area is 654 Å². The van der Waals surface area contributed by atoms with Crippen LogP contribution >= 0.6 is 23.2 Å². The van der Waals surface area contributed by atoms with Crippen LogP contribution in [0.4, 0.5) is 8.78 Å². The lowest BCUT2D eigenvalue weighted by atomic mass is 9.58. The van der Waals surface area contributed by atoms with E-state index >= 15 is 43.2 Å². The number of carbonyl (C=O) groups is 12. The molecule has 26 nitrogen and oxygen atoms in total. The molecule has 0 aromatic heterocycles. The van der Waals surface area contributed by atoms with Crippen LogP contribution in [0.15, 0.2) is 12.2 Å². The first kappa shape index (κ1) is 88.3. The Hall–Kier alpha value is -6.26. The van der Waals surface area contributed by atoms with Crippen molar-refractivity contribution in [1.29, 1.82) is 0 Å². The highest BCUT2D eigenvalue weighted by Crippen LogP contribution is 2.50. The highest BCUT2D eigenvalue weighted by Gasteiger charge is 2.59. The van der Waals surface area contributed by atoms with E-state index in [9.17, 15) is 23.2 Å². The van der Waals surface area contributed by atoms with E-state index in [4.69, 9.17) is 32.7 Å². The first-order valence-electron chi connectivity index (χ1n) is 40.2. The second-order valence-electron chi connectivity index (χ2n) is 33.8. The number of hydrogen-bond donors (Lipinski definition) is 3. The SMILES string of the molecule is CCC(CC)[C@H]1C(=O)N(C)[C@H](C(=O)N(C)C)CC(=O)N(C)[C@@H](COC)C(=O)N[C@@H]([C@@H](C)CC)C(=O)N2CCC[C@H]2C(=O)N(C)[C@H]2C/C=C\CCN(C2=O)[C@@H](CC2CCC(C(F)F)CC2)C(=O)N(C)CC(=O)N[C@@H](CCC2CCC(Cl)C(Cl)C2)C(=O)N2C[C@H](OC3CCCC3)C[C@H]2C(=O)NC2(CC(C)(C)C2)C(=O)N1C. The maximum atomic E-state index is 15.9. The van der Waals surface area contributed by atoms with Gasteiger partial charge in [-0.25, -0.2) is 8.78 Å². The Balaban J connectivity index is 1.23. The lowest BCUT2D eigenvalue weighted by Crippen LogP contribution is -2.71. The van der Waals surface area contributed by atoms with Gasteiger partial charge in [0.25, 0.3) is 0 Å². The molecule has 2 bridgehead atoms. The summed E-state index contributed by atoms with van der Waals surface area (Å²) >= 11 is 13.4. The molecule has 4 saturated carbocycles. The van der Waals surface area contributed by atoms with Gasteiger partial charge in [-0.1, -0.05) is 85.8 Å². The van der Waals surface area contributed by atoms with Gasteiger partial charge in [-0.05, 0) is 145 Å². The summed E-state index contributed by atoms with van der Waals surface area (Å²) in [6, 6.07) is -11.5. The zero-order valence-electron chi connectivity index (χ0n) is 67.1. The summed E-state index contributed by atoms with van der Waals surface area (Å²) in [4.78, 5) is 196. The number of carbonyl (C=O) groups excluding carboxylic acids is 12. The van der Waals surface area contributed by atoms with Gasteiger partial charge in [0, 0.05) is 93.8 Å². The van der Waals surface area contributed by atoms with Crippen molar-refractivity contribution in [3.63, 3.8) is 0 Å². The summed E-state index contributed by atoms with van der Waals surface area (Å²) in [5, 5.41) is 8.42. The number of ether oxygens (including phenoxy) is 2. The van der Waals surface area contributed by atoms with E-state index in [0.29, 0.717) is 70.6 Å². The summed E-state index contributed by atoms with van der Waals surface area (Å²) in [6.45, 7) is 10.3. The summed E-state index contributed by atoms with van der Waals surface area (Å²) in [5.74, 6) is -10.1. The molecule has 30 heteroatoms. The molecule has 4 aliphatic carbocycles. The standard InChI is InChI=1S/C79H126Cl2F2N12O14/c1-15-47(4)65-75(105)93-37-23-27-58(93)73(103)90(11)57-26-19-18-22-36-94(74(57)104)61(39-49-28-32-51(33-29-49)67(82)83)72(102)88(9)43-63(96)84-56(35-31-48-30-34-54(80)55(81)38-48)70(100)95-42-53(109-52-24-20-21-25-52)40-59(95)69(99)86-79(45-78(5,6)46-79)77(107)92(13)66(50(16-2)17-3)76(106)91(12)60(71(101)87(7)8)41-64(97)89(10)62(44-108-14)68(98)85-65/h18-19,47-62,65-67H,15-17,20-46H2,1-14H3,(H,84,96)(H,85,98)(H,86,99)/b19-18-/t47-,48?,49?,51?,53+,54?,55?,56-,57-,58-,59-,60-,61-,62-,65-,66-/m0/s1. The molecule has 14 atom stereocenters. The first-order valence-corrected chi connectivity index (χ1v) is 41.1. The van der Waals surface area contributed by atoms with E-state index in [1.54, 1.807) is 13.0 Å². The molecule has 3 saturated heterocycles. The van der Waals surface area contributed by atoms with Crippen molar-refractivity contribution in [2.24, 2.45) is 35.0 Å². The van der Waals surface area contributed by atoms with Gasteiger partial charge in [0.05, 0.1) is 37.2 Å². The molecule has 4 heterocycles. The third-order valence-corrected chi connectivity index (χ3v) is 26.4. The summed E-state index contributed by atoms with van der Waals surface area (Å²) < 4.78 is 40.7. The predicted molar refractivity (Wildman–Crippen MR) is 408 cm³/mol. The number of methoxy groups -OCH3 is 1. The van der Waals surface area contributed by atoms with Crippen LogP contribution in [-0.2, 0) is 67.0 Å². The van der Waals surface area contributed by atoms with Crippen molar-refractivity contribution >= 4 is 94.1 Å². The summed E-state index contributed by atoms with van der Waals surface area (Å²) in [6.07, 6.45) is 8.84.